The molecule has 144 valence electrons. The van der Waals surface area contributed by atoms with Crippen LogP contribution in [0.4, 0.5) is 5.13 Å². The van der Waals surface area contributed by atoms with Crippen LogP contribution in [0, 0.1) is 6.92 Å². The number of hydrogen-bond donors (Lipinski definition) is 1. The lowest BCUT2D eigenvalue weighted by molar-refractivity contribution is -0.113. The molecule has 2 aromatic carbocycles. The second kappa shape index (κ2) is 7.69. The predicted molar refractivity (Wildman–Crippen MR) is 111 cm³/mol. The highest BCUT2D eigenvalue weighted by Crippen LogP contribution is 2.36. The first kappa shape index (κ1) is 18.6. The van der Waals surface area contributed by atoms with Crippen LogP contribution in [0.1, 0.15) is 5.56 Å². The number of anilines is 1. The van der Waals surface area contributed by atoms with Crippen LogP contribution in [0.15, 0.2) is 40.0 Å². The smallest absolute Gasteiger partial charge is 0.257 e. The van der Waals surface area contributed by atoms with E-state index in [2.05, 4.69) is 15.3 Å². The Morgan fingerprint density at radius 2 is 1.93 bits per heavy atom. The number of benzene rings is 2. The van der Waals surface area contributed by atoms with Crippen molar-refractivity contribution in [2.45, 2.75) is 12.1 Å². The van der Waals surface area contributed by atoms with Crippen molar-refractivity contribution >= 4 is 55.5 Å². The van der Waals surface area contributed by atoms with Crippen LogP contribution in [0.25, 0.3) is 21.3 Å². The van der Waals surface area contributed by atoms with Gasteiger partial charge in [-0.3, -0.25) is 4.79 Å². The number of hydrogen-bond acceptors (Lipinski definition) is 8. The Morgan fingerprint density at radius 3 is 2.71 bits per heavy atom. The molecule has 0 saturated heterocycles. The lowest BCUT2D eigenvalue weighted by Crippen LogP contribution is -2.13. The molecule has 0 bridgehead atoms. The third kappa shape index (κ3) is 3.76. The van der Waals surface area contributed by atoms with Gasteiger partial charge < -0.3 is 19.2 Å². The Morgan fingerprint density at radius 1 is 1.14 bits per heavy atom. The van der Waals surface area contributed by atoms with Gasteiger partial charge in [0.1, 0.15) is 5.52 Å². The number of thioether (sulfide) groups is 1. The Labute approximate surface area is 169 Å². The zero-order valence-electron chi connectivity index (χ0n) is 15.4. The molecule has 0 aliphatic heterocycles. The van der Waals surface area contributed by atoms with E-state index >= 15 is 0 Å². The van der Waals surface area contributed by atoms with Gasteiger partial charge in [0.05, 0.1) is 30.2 Å². The normalized spacial score (nSPS) is 11.1. The highest BCUT2D eigenvalue weighted by molar-refractivity contribution is 7.99. The summed E-state index contributed by atoms with van der Waals surface area (Å²) in [5, 5.41) is 3.80. The maximum absolute atomic E-state index is 12.3. The van der Waals surface area contributed by atoms with E-state index in [0.717, 1.165) is 21.3 Å². The standard InChI is InChI=1S/C19H17N3O4S2/c1-10-4-5-13-11(6-10)21-19(26-13)27-9-17(23)22-18-20-12-7-14(24-2)15(25-3)8-16(12)28-18/h4-8H,9H2,1-3H3,(H,20,22,23). The summed E-state index contributed by atoms with van der Waals surface area (Å²) in [5.41, 5.74) is 3.35. The summed E-state index contributed by atoms with van der Waals surface area (Å²) >= 11 is 2.62. The summed E-state index contributed by atoms with van der Waals surface area (Å²) in [4.78, 5) is 21.1. The third-order valence-corrected chi connectivity index (χ3v) is 5.75. The maximum atomic E-state index is 12.3. The van der Waals surface area contributed by atoms with Gasteiger partial charge in [0, 0.05) is 12.1 Å². The van der Waals surface area contributed by atoms with Crippen molar-refractivity contribution in [1.29, 1.82) is 0 Å². The summed E-state index contributed by atoms with van der Waals surface area (Å²) in [6, 6.07) is 9.43. The summed E-state index contributed by atoms with van der Waals surface area (Å²) in [6.07, 6.45) is 0. The average Bonchev–Trinajstić information content (AvgIpc) is 3.26. The van der Waals surface area contributed by atoms with Gasteiger partial charge in [-0.15, -0.1) is 0 Å². The van der Waals surface area contributed by atoms with Gasteiger partial charge in [0.25, 0.3) is 5.22 Å². The van der Waals surface area contributed by atoms with E-state index in [1.807, 2.05) is 31.2 Å². The van der Waals surface area contributed by atoms with E-state index < -0.39 is 0 Å². The van der Waals surface area contributed by atoms with Crippen LogP contribution < -0.4 is 14.8 Å². The number of methoxy groups -OCH3 is 2. The van der Waals surface area contributed by atoms with Crippen molar-refractivity contribution in [2.75, 3.05) is 25.3 Å². The molecule has 9 heteroatoms. The number of nitrogens with zero attached hydrogens (tertiary/aromatic N) is 2. The molecule has 0 saturated carbocycles. The van der Waals surface area contributed by atoms with Gasteiger partial charge >= 0.3 is 0 Å². The van der Waals surface area contributed by atoms with E-state index in [0.29, 0.717) is 27.4 Å². The van der Waals surface area contributed by atoms with E-state index in [9.17, 15) is 4.79 Å². The Bertz CT molecular complexity index is 1130. The first-order valence-corrected chi connectivity index (χ1v) is 10.2. The molecule has 1 N–H and O–H groups in total. The number of aryl methyl sites for hydroxylation is 1. The van der Waals surface area contributed by atoms with E-state index in [1.54, 1.807) is 20.3 Å². The number of amides is 1. The molecule has 0 spiro atoms. The minimum absolute atomic E-state index is 0.175. The number of carbonyl (C=O) groups excluding carboxylic acids is 1. The number of aromatic nitrogens is 2. The van der Waals surface area contributed by atoms with Crippen molar-refractivity contribution in [3.63, 3.8) is 0 Å². The highest BCUT2D eigenvalue weighted by Gasteiger charge is 2.14. The second-order valence-electron chi connectivity index (χ2n) is 5.98. The number of ether oxygens (including phenoxy) is 2. The van der Waals surface area contributed by atoms with Gasteiger partial charge in [-0.05, 0) is 24.6 Å². The summed E-state index contributed by atoms with van der Waals surface area (Å²) in [5.74, 6) is 1.22. The molecule has 2 heterocycles. The van der Waals surface area contributed by atoms with Gasteiger partial charge in [0.2, 0.25) is 5.91 Å². The quantitative estimate of drug-likeness (QED) is 0.464. The number of oxazole rings is 1. The fourth-order valence-electron chi connectivity index (χ4n) is 2.67. The molecule has 0 radical (unpaired) electrons. The Hall–Kier alpha value is -2.78. The SMILES string of the molecule is COc1cc2nc(NC(=O)CSc3nc4cc(C)ccc4o3)sc2cc1OC. The molecule has 0 atom stereocenters. The maximum Gasteiger partial charge on any atom is 0.257 e. The number of thiazole rings is 1. The molecular weight excluding hydrogens is 398 g/mol. The third-order valence-electron chi connectivity index (χ3n) is 3.99. The van der Waals surface area contributed by atoms with Crippen molar-refractivity contribution < 1.29 is 18.7 Å². The van der Waals surface area contributed by atoms with E-state index in [1.165, 1.54) is 23.1 Å². The first-order chi connectivity index (χ1) is 13.6. The Kier molecular flexibility index (Phi) is 5.10. The molecule has 7 nitrogen and oxygen atoms in total. The van der Waals surface area contributed by atoms with E-state index in [-0.39, 0.29) is 11.7 Å². The number of nitrogens with one attached hydrogen (secondary N) is 1. The van der Waals surface area contributed by atoms with Gasteiger partial charge in [-0.2, -0.15) is 0 Å². The van der Waals surface area contributed by atoms with Gasteiger partial charge in [-0.1, -0.05) is 29.2 Å². The predicted octanol–water partition coefficient (Wildman–Crippen LogP) is 4.49. The molecule has 4 aromatic rings. The van der Waals surface area contributed by atoms with Crippen LogP contribution in [-0.2, 0) is 4.79 Å². The minimum atomic E-state index is -0.179. The fraction of sp³-hybridized carbons (Fsp3) is 0.211. The first-order valence-electron chi connectivity index (χ1n) is 8.38. The molecule has 0 aliphatic rings. The van der Waals surface area contributed by atoms with Crippen LogP contribution in [0.2, 0.25) is 0 Å². The Balaban J connectivity index is 1.44. The molecule has 0 unspecified atom stereocenters. The van der Waals surface area contributed by atoms with Gasteiger partial charge in [0.15, 0.2) is 22.2 Å². The lowest BCUT2D eigenvalue weighted by Gasteiger charge is -2.05. The topological polar surface area (TPSA) is 86.5 Å². The number of fused-ring (bicyclic) bond motifs is 2. The average molecular weight is 415 g/mol. The van der Waals surface area contributed by atoms with Crippen LogP contribution >= 0.6 is 23.1 Å². The summed E-state index contributed by atoms with van der Waals surface area (Å²) < 4.78 is 17.1. The summed E-state index contributed by atoms with van der Waals surface area (Å²) in [7, 11) is 3.15. The van der Waals surface area contributed by atoms with Crippen LogP contribution in [0.3, 0.4) is 0 Å². The number of rotatable bonds is 6. The molecule has 4 rings (SSSR count). The molecule has 0 fully saturated rings. The monoisotopic (exact) mass is 415 g/mol. The largest absolute Gasteiger partial charge is 0.493 e. The van der Waals surface area contributed by atoms with Crippen molar-refractivity contribution in [3.8, 4) is 11.5 Å². The molecule has 0 aliphatic carbocycles. The van der Waals surface area contributed by atoms with Crippen molar-refractivity contribution in [2.24, 2.45) is 0 Å². The second-order valence-corrected chi connectivity index (χ2v) is 7.94. The zero-order valence-corrected chi connectivity index (χ0v) is 17.1. The molecule has 1 amide bonds. The van der Waals surface area contributed by atoms with Gasteiger partial charge in [-0.25, -0.2) is 9.97 Å². The molecular formula is C19H17N3O4S2. The molecule has 28 heavy (non-hydrogen) atoms. The van der Waals surface area contributed by atoms with Crippen molar-refractivity contribution in [1.82, 2.24) is 9.97 Å². The molecule has 2 aromatic heterocycles. The zero-order chi connectivity index (χ0) is 19.7. The number of carbonyl (C=O) groups is 1. The van der Waals surface area contributed by atoms with Crippen LogP contribution in [0.5, 0.6) is 11.5 Å². The van der Waals surface area contributed by atoms with Crippen LogP contribution in [-0.4, -0.2) is 35.8 Å². The van der Waals surface area contributed by atoms with E-state index in [4.69, 9.17) is 13.9 Å². The summed E-state index contributed by atoms with van der Waals surface area (Å²) in [6.45, 7) is 2.00. The minimum Gasteiger partial charge on any atom is -0.493 e. The highest BCUT2D eigenvalue weighted by atomic mass is 32.2. The van der Waals surface area contributed by atoms with Crippen molar-refractivity contribution in [3.05, 3.63) is 35.9 Å². The lowest BCUT2D eigenvalue weighted by atomic mass is 10.2. The fourth-order valence-corrected chi connectivity index (χ4v) is 4.20.